The number of benzene rings is 1. The second kappa shape index (κ2) is 5.91. The molecule has 1 aromatic heterocycles. The number of H-pyrrole nitrogens is 1. The molecule has 0 spiro atoms. The molecule has 3 heteroatoms. The average Bonchev–Trinajstić information content (AvgIpc) is 2.77. The van der Waals surface area contributed by atoms with E-state index in [4.69, 9.17) is 5.73 Å². The lowest BCUT2D eigenvalue weighted by atomic mass is 10.1. The molecule has 0 unspecified atom stereocenters. The first-order chi connectivity index (χ1) is 8.74. The molecule has 0 bridgehead atoms. The van der Waals surface area contributed by atoms with Crippen molar-refractivity contribution in [3.05, 3.63) is 30.0 Å². The molecule has 0 fully saturated rings. The number of nitrogen functional groups attached to an aromatic ring is 1. The Labute approximate surface area is 109 Å². The normalized spacial score (nSPS) is 11.5. The molecule has 3 N–H and O–H groups in total. The zero-order chi connectivity index (χ0) is 13.0. The van der Waals surface area contributed by atoms with E-state index < -0.39 is 0 Å². The quantitative estimate of drug-likeness (QED) is 0.768. The van der Waals surface area contributed by atoms with Crippen molar-refractivity contribution >= 4 is 16.6 Å². The molecule has 0 aliphatic heterocycles. The number of likely N-dealkylation sites (N-methyl/N-ethyl adjacent to an activating group) is 1. The first-order valence-corrected chi connectivity index (χ1v) is 6.82. The fourth-order valence-electron chi connectivity index (χ4n) is 2.43. The van der Waals surface area contributed by atoms with Crippen LogP contribution in [0.1, 0.15) is 25.8 Å². The van der Waals surface area contributed by atoms with Gasteiger partial charge in [0.1, 0.15) is 0 Å². The molecule has 2 aromatic rings. The minimum Gasteiger partial charge on any atom is -0.399 e. The van der Waals surface area contributed by atoms with Crippen LogP contribution in [0.4, 0.5) is 5.69 Å². The van der Waals surface area contributed by atoms with E-state index in [0.717, 1.165) is 25.2 Å². The van der Waals surface area contributed by atoms with Gasteiger partial charge in [0, 0.05) is 29.3 Å². The highest BCUT2D eigenvalue weighted by Crippen LogP contribution is 2.21. The topological polar surface area (TPSA) is 45.0 Å². The van der Waals surface area contributed by atoms with Crippen LogP contribution in [0.2, 0.25) is 0 Å². The van der Waals surface area contributed by atoms with Gasteiger partial charge in [0.05, 0.1) is 0 Å². The Morgan fingerprint density at radius 3 is 2.78 bits per heavy atom. The minimum atomic E-state index is 0.837. The Bertz CT molecular complexity index is 501. The number of aromatic amines is 1. The number of hydrogen-bond acceptors (Lipinski definition) is 2. The largest absolute Gasteiger partial charge is 0.399 e. The zero-order valence-corrected chi connectivity index (χ0v) is 11.4. The SMILES string of the molecule is CCCN(CC)CCc1c[nH]c2ccc(N)cc12. The summed E-state index contributed by atoms with van der Waals surface area (Å²) < 4.78 is 0. The minimum absolute atomic E-state index is 0.837. The van der Waals surface area contributed by atoms with Crippen LogP contribution in [-0.2, 0) is 6.42 Å². The maximum atomic E-state index is 5.86. The summed E-state index contributed by atoms with van der Waals surface area (Å²) in [5, 5.41) is 1.27. The van der Waals surface area contributed by atoms with E-state index in [1.807, 2.05) is 6.07 Å². The van der Waals surface area contributed by atoms with E-state index in [2.05, 4.69) is 42.1 Å². The lowest BCUT2D eigenvalue weighted by Crippen LogP contribution is -2.26. The monoisotopic (exact) mass is 245 g/mol. The molecule has 0 aliphatic rings. The van der Waals surface area contributed by atoms with Crippen molar-refractivity contribution < 1.29 is 0 Å². The van der Waals surface area contributed by atoms with Gasteiger partial charge in [-0.1, -0.05) is 13.8 Å². The van der Waals surface area contributed by atoms with Gasteiger partial charge in [-0.2, -0.15) is 0 Å². The van der Waals surface area contributed by atoms with Crippen molar-refractivity contribution in [2.45, 2.75) is 26.7 Å². The van der Waals surface area contributed by atoms with Gasteiger partial charge in [0.15, 0.2) is 0 Å². The van der Waals surface area contributed by atoms with E-state index in [1.165, 1.54) is 29.4 Å². The molecule has 0 atom stereocenters. The Morgan fingerprint density at radius 1 is 1.22 bits per heavy atom. The van der Waals surface area contributed by atoms with Crippen LogP contribution in [0, 0.1) is 0 Å². The standard InChI is InChI=1S/C15H23N3/c1-3-8-18(4-2)9-7-12-11-17-15-6-5-13(16)10-14(12)15/h5-6,10-11,17H,3-4,7-9,16H2,1-2H3. The summed E-state index contributed by atoms with van der Waals surface area (Å²) in [7, 11) is 0. The van der Waals surface area contributed by atoms with Gasteiger partial charge in [-0.3, -0.25) is 0 Å². The van der Waals surface area contributed by atoms with Crippen LogP contribution >= 0.6 is 0 Å². The van der Waals surface area contributed by atoms with Crippen molar-refractivity contribution in [3.8, 4) is 0 Å². The van der Waals surface area contributed by atoms with Gasteiger partial charge in [0.25, 0.3) is 0 Å². The highest BCUT2D eigenvalue weighted by molar-refractivity contribution is 5.86. The Morgan fingerprint density at radius 2 is 2.06 bits per heavy atom. The smallest absolute Gasteiger partial charge is 0.0458 e. The predicted molar refractivity (Wildman–Crippen MR) is 78.8 cm³/mol. The number of fused-ring (bicyclic) bond motifs is 1. The molecule has 18 heavy (non-hydrogen) atoms. The maximum absolute atomic E-state index is 5.86. The molecule has 0 aliphatic carbocycles. The molecular weight excluding hydrogens is 222 g/mol. The predicted octanol–water partition coefficient (Wildman–Crippen LogP) is 3.02. The number of nitrogens with zero attached hydrogens (tertiary/aromatic N) is 1. The summed E-state index contributed by atoms with van der Waals surface area (Å²) in [6.45, 7) is 7.88. The maximum Gasteiger partial charge on any atom is 0.0458 e. The molecular formula is C15H23N3. The number of nitrogens with one attached hydrogen (secondary N) is 1. The lowest BCUT2D eigenvalue weighted by Gasteiger charge is -2.19. The first kappa shape index (κ1) is 13.0. The molecule has 0 amide bonds. The Kier molecular flexibility index (Phi) is 4.26. The van der Waals surface area contributed by atoms with Gasteiger partial charge in [-0.25, -0.2) is 0 Å². The fraction of sp³-hybridized carbons (Fsp3) is 0.467. The second-order valence-corrected chi connectivity index (χ2v) is 4.80. The van der Waals surface area contributed by atoms with Crippen LogP contribution in [0.15, 0.2) is 24.4 Å². The third-order valence-electron chi connectivity index (χ3n) is 3.48. The van der Waals surface area contributed by atoms with Crippen molar-refractivity contribution in [2.24, 2.45) is 0 Å². The molecule has 0 saturated carbocycles. The third kappa shape index (κ3) is 2.85. The van der Waals surface area contributed by atoms with Gasteiger partial charge >= 0.3 is 0 Å². The summed E-state index contributed by atoms with van der Waals surface area (Å²) in [6, 6.07) is 6.06. The molecule has 2 rings (SSSR count). The third-order valence-corrected chi connectivity index (χ3v) is 3.48. The van der Waals surface area contributed by atoms with Crippen LogP contribution in [-0.4, -0.2) is 29.5 Å². The molecule has 0 saturated heterocycles. The number of aromatic nitrogens is 1. The Hall–Kier alpha value is -1.48. The van der Waals surface area contributed by atoms with Crippen molar-refractivity contribution in [2.75, 3.05) is 25.4 Å². The first-order valence-electron chi connectivity index (χ1n) is 6.82. The highest BCUT2D eigenvalue weighted by atomic mass is 15.1. The van der Waals surface area contributed by atoms with Gasteiger partial charge < -0.3 is 15.6 Å². The van der Waals surface area contributed by atoms with Crippen molar-refractivity contribution in [1.29, 1.82) is 0 Å². The van der Waals surface area contributed by atoms with Crippen molar-refractivity contribution in [3.63, 3.8) is 0 Å². The lowest BCUT2D eigenvalue weighted by molar-refractivity contribution is 0.293. The molecule has 1 heterocycles. The number of nitrogens with two attached hydrogens (primary N) is 1. The summed E-state index contributed by atoms with van der Waals surface area (Å²) in [4.78, 5) is 5.81. The average molecular weight is 245 g/mol. The van der Waals surface area contributed by atoms with E-state index in [1.54, 1.807) is 0 Å². The molecule has 98 valence electrons. The number of rotatable bonds is 6. The van der Waals surface area contributed by atoms with Crippen LogP contribution in [0.3, 0.4) is 0 Å². The number of anilines is 1. The second-order valence-electron chi connectivity index (χ2n) is 4.80. The molecule has 0 radical (unpaired) electrons. The summed E-state index contributed by atoms with van der Waals surface area (Å²) in [5.74, 6) is 0. The highest BCUT2D eigenvalue weighted by Gasteiger charge is 2.06. The fourth-order valence-corrected chi connectivity index (χ4v) is 2.43. The van der Waals surface area contributed by atoms with E-state index in [-0.39, 0.29) is 0 Å². The van der Waals surface area contributed by atoms with Crippen LogP contribution in [0.5, 0.6) is 0 Å². The Balaban J connectivity index is 2.09. The van der Waals surface area contributed by atoms with E-state index >= 15 is 0 Å². The van der Waals surface area contributed by atoms with Gasteiger partial charge in [-0.05, 0) is 49.7 Å². The van der Waals surface area contributed by atoms with E-state index in [0.29, 0.717) is 0 Å². The van der Waals surface area contributed by atoms with Crippen LogP contribution < -0.4 is 5.73 Å². The van der Waals surface area contributed by atoms with Gasteiger partial charge in [0.2, 0.25) is 0 Å². The number of hydrogen-bond donors (Lipinski definition) is 2. The summed E-state index contributed by atoms with van der Waals surface area (Å²) >= 11 is 0. The van der Waals surface area contributed by atoms with E-state index in [9.17, 15) is 0 Å². The molecule has 1 aromatic carbocycles. The summed E-state index contributed by atoms with van der Waals surface area (Å²) in [5.41, 5.74) is 9.24. The van der Waals surface area contributed by atoms with Crippen LogP contribution in [0.25, 0.3) is 10.9 Å². The molecule has 3 nitrogen and oxygen atoms in total. The van der Waals surface area contributed by atoms with Gasteiger partial charge in [-0.15, -0.1) is 0 Å². The zero-order valence-electron chi connectivity index (χ0n) is 11.4. The van der Waals surface area contributed by atoms with Crippen molar-refractivity contribution in [1.82, 2.24) is 9.88 Å². The summed E-state index contributed by atoms with van der Waals surface area (Å²) in [6.07, 6.45) is 4.41.